The Hall–Kier alpha value is -1.26. The van der Waals surface area contributed by atoms with Crippen LogP contribution in [0.25, 0.3) is 10.8 Å². The van der Waals surface area contributed by atoms with Crippen molar-refractivity contribution in [2.45, 2.75) is 29.5 Å². The SMILES string of the molecule is Clc1ccc(CN2CCCC(Sc3cc4ccncc4cc3Cl)C2)cc1. The molecule has 26 heavy (non-hydrogen) atoms. The van der Waals surface area contributed by atoms with Gasteiger partial charge in [-0.05, 0) is 60.7 Å². The number of nitrogens with zero attached hydrogens (tertiary/aromatic N) is 2. The second-order valence-corrected chi connectivity index (χ2v) is 8.93. The van der Waals surface area contributed by atoms with Gasteiger partial charge in [0.1, 0.15) is 0 Å². The summed E-state index contributed by atoms with van der Waals surface area (Å²) < 4.78 is 0. The van der Waals surface area contributed by atoms with Crippen LogP contribution in [0.4, 0.5) is 0 Å². The summed E-state index contributed by atoms with van der Waals surface area (Å²) in [5.74, 6) is 0. The quantitative estimate of drug-likeness (QED) is 0.509. The maximum absolute atomic E-state index is 6.53. The molecule has 3 aromatic rings. The fraction of sp³-hybridized carbons (Fsp3) is 0.286. The zero-order valence-corrected chi connectivity index (χ0v) is 16.7. The van der Waals surface area contributed by atoms with Crippen LogP contribution in [0, 0.1) is 0 Å². The summed E-state index contributed by atoms with van der Waals surface area (Å²) in [6.45, 7) is 3.21. The van der Waals surface area contributed by atoms with E-state index in [0.717, 1.165) is 35.1 Å². The van der Waals surface area contributed by atoms with Gasteiger partial charge in [0.15, 0.2) is 0 Å². The van der Waals surface area contributed by atoms with Gasteiger partial charge in [-0.3, -0.25) is 9.88 Å². The molecule has 0 bridgehead atoms. The Morgan fingerprint density at radius 3 is 2.77 bits per heavy atom. The van der Waals surface area contributed by atoms with Crippen molar-refractivity contribution in [1.82, 2.24) is 9.88 Å². The largest absolute Gasteiger partial charge is 0.298 e. The van der Waals surface area contributed by atoms with Gasteiger partial charge >= 0.3 is 0 Å². The van der Waals surface area contributed by atoms with Crippen LogP contribution in [-0.2, 0) is 6.54 Å². The van der Waals surface area contributed by atoms with Crippen molar-refractivity contribution in [1.29, 1.82) is 0 Å². The molecule has 1 fully saturated rings. The Balaban J connectivity index is 1.45. The van der Waals surface area contributed by atoms with Crippen LogP contribution in [0.15, 0.2) is 59.8 Å². The van der Waals surface area contributed by atoms with Gasteiger partial charge < -0.3 is 0 Å². The van der Waals surface area contributed by atoms with Crippen LogP contribution in [0.3, 0.4) is 0 Å². The lowest BCUT2D eigenvalue weighted by molar-refractivity contribution is 0.226. The number of hydrogen-bond acceptors (Lipinski definition) is 3. The highest BCUT2D eigenvalue weighted by molar-refractivity contribution is 8.00. The average Bonchev–Trinajstić information content (AvgIpc) is 2.65. The molecule has 1 unspecified atom stereocenters. The summed E-state index contributed by atoms with van der Waals surface area (Å²) in [6.07, 6.45) is 6.15. The second kappa shape index (κ2) is 8.18. The Morgan fingerprint density at radius 2 is 1.92 bits per heavy atom. The molecular formula is C21H20Cl2N2S. The lowest BCUT2D eigenvalue weighted by atomic mass is 10.1. The minimum absolute atomic E-state index is 0.563. The molecule has 4 rings (SSSR count). The van der Waals surface area contributed by atoms with E-state index in [-0.39, 0.29) is 0 Å². The summed E-state index contributed by atoms with van der Waals surface area (Å²) in [4.78, 5) is 7.88. The number of likely N-dealkylation sites (tertiary alicyclic amines) is 1. The van der Waals surface area contributed by atoms with Crippen LogP contribution in [0.2, 0.25) is 10.0 Å². The first-order chi connectivity index (χ1) is 12.7. The van der Waals surface area contributed by atoms with Gasteiger partial charge in [-0.2, -0.15) is 0 Å². The summed E-state index contributed by atoms with van der Waals surface area (Å²) in [5, 5.41) is 4.47. The Kier molecular flexibility index (Phi) is 5.70. The van der Waals surface area contributed by atoms with Crippen molar-refractivity contribution in [3.8, 4) is 0 Å². The van der Waals surface area contributed by atoms with E-state index in [1.54, 1.807) is 0 Å². The van der Waals surface area contributed by atoms with E-state index in [1.807, 2.05) is 48.4 Å². The van der Waals surface area contributed by atoms with Gasteiger partial charge in [-0.1, -0.05) is 35.3 Å². The van der Waals surface area contributed by atoms with E-state index >= 15 is 0 Å². The summed E-state index contributed by atoms with van der Waals surface area (Å²) in [7, 11) is 0. The zero-order chi connectivity index (χ0) is 17.9. The number of benzene rings is 2. The number of halogens is 2. The number of piperidine rings is 1. The van der Waals surface area contributed by atoms with Gasteiger partial charge in [-0.25, -0.2) is 0 Å². The third kappa shape index (κ3) is 4.34. The van der Waals surface area contributed by atoms with Gasteiger partial charge in [0, 0.05) is 46.0 Å². The third-order valence-corrected chi connectivity index (χ3v) is 6.75. The van der Waals surface area contributed by atoms with E-state index in [1.165, 1.54) is 28.7 Å². The average molecular weight is 403 g/mol. The van der Waals surface area contributed by atoms with Crippen molar-refractivity contribution >= 4 is 45.7 Å². The van der Waals surface area contributed by atoms with E-state index in [0.29, 0.717) is 5.25 Å². The molecule has 1 aliphatic heterocycles. The minimum atomic E-state index is 0.563. The second-order valence-electron chi connectivity index (χ2n) is 6.75. The number of rotatable bonds is 4. The van der Waals surface area contributed by atoms with Crippen LogP contribution in [0.1, 0.15) is 18.4 Å². The van der Waals surface area contributed by atoms with Crippen LogP contribution >= 0.6 is 35.0 Å². The molecule has 1 atom stereocenters. The molecule has 134 valence electrons. The number of thioether (sulfide) groups is 1. The monoisotopic (exact) mass is 402 g/mol. The molecule has 0 amide bonds. The van der Waals surface area contributed by atoms with Gasteiger partial charge in [-0.15, -0.1) is 11.8 Å². The zero-order valence-electron chi connectivity index (χ0n) is 14.4. The molecule has 0 radical (unpaired) electrons. The van der Waals surface area contributed by atoms with Crippen LogP contribution in [0.5, 0.6) is 0 Å². The van der Waals surface area contributed by atoms with Crippen molar-refractivity contribution in [3.05, 3.63) is 70.5 Å². The minimum Gasteiger partial charge on any atom is -0.298 e. The molecule has 0 aliphatic carbocycles. The molecule has 0 saturated carbocycles. The van der Waals surface area contributed by atoms with Gasteiger partial charge in [0.2, 0.25) is 0 Å². The molecule has 2 heterocycles. The first kappa shape index (κ1) is 18.1. The van der Waals surface area contributed by atoms with E-state index < -0.39 is 0 Å². The van der Waals surface area contributed by atoms with Crippen molar-refractivity contribution in [2.75, 3.05) is 13.1 Å². The molecule has 1 saturated heterocycles. The molecule has 1 aromatic heterocycles. The summed E-state index contributed by atoms with van der Waals surface area (Å²) in [6, 6.07) is 14.4. The summed E-state index contributed by atoms with van der Waals surface area (Å²) >= 11 is 14.4. The highest BCUT2D eigenvalue weighted by atomic mass is 35.5. The lowest BCUT2D eigenvalue weighted by Crippen LogP contribution is -2.36. The molecule has 2 nitrogen and oxygen atoms in total. The first-order valence-corrected chi connectivity index (χ1v) is 10.5. The van der Waals surface area contributed by atoms with Crippen LogP contribution in [-0.4, -0.2) is 28.2 Å². The predicted octanol–water partition coefficient (Wildman–Crippen LogP) is 6.30. The smallest absolute Gasteiger partial charge is 0.0548 e. The fourth-order valence-corrected chi connectivity index (χ4v) is 5.19. The highest BCUT2D eigenvalue weighted by Crippen LogP contribution is 2.36. The standard InChI is InChI=1S/C21H20Cl2N2S/c22-18-5-3-15(4-6-18)13-25-9-1-2-19(14-25)26-21-11-16-7-8-24-12-17(16)10-20(21)23/h3-8,10-12,19H,1-2,9,13-14H2. The molecule has 0 N–H and O–H groups in total. The summed E-state index contributed by atoms with van der Waals surface area (Å²) in [5.41, 5.74) is 1.32. The Morgan fingerprint density at radius 1 is 1.08 bits per heavy atom. The van der Waals surface area contributed by atoms with E-state index in [4.69, 9.17) is 23.2 Å². The number of fused-ring (bicyclic) bond motifs is 1. The molecule has 2 aromatic carbocycles. The number of aromatic nitrogens is 1. The van der Waals surface area contributed by atoms with Gasteiger partial charge in [0.25, 0.3) is 0 Å². The van der Waals surface area contributed by atoms with Crippen molar-refractivity contribution in [2.24, 2.45) is 0 Å². The Labute approximate surface area is 168 Å². The topological polar surface area (TPSA) is 16.1 Å². The van der Waals surface area contributed by atoms with Crippen molar-refractivity contribution in [3.63, 3.8) is 0 Å². The molecule has 0 spiro atoms. The van der Waals surface area contributed by atoms with Gasteiger partial charge in [0.05, 0.1) is 5.02 Å². The molecule has 1 aliphatic rings. The van der Waals surface area contributed by atoms with E-state index in [2.05, 4.69) is 28.1 Å². The maximum Gasteiger partial charge on any atom is 0.0548 e. The highest BCUT2D eigenvalue weighted by Gasteiger charge is 2.22. The number of pyridine rings is 1. The van der Waals surface area contributed by atoms with Crippen molar-refractivity contribution < 1.29 is 0 Å². The lowest BCUT2D eigenvalue weighted by Gasteiger charge is -2.32. The maximum atomic E-state index is 6.53. The number of hydrogen-bond donors (Lipinski definition) is 0. The Bertz CT molecular complexity index is 898. The van der Waals surface area contributed by atoms with E-state index in [9.17, 15) is 0 Å². The molecular weight excluding hydrogens is 383 g/mol. The fourth-order valence-electron chi connectivity index (χ4n) is 3.46. The first-order valence-electron chi connectivity index (χ1n) is 8.84. The predicted molar refractivity (Wildman–Crippen MR) is 112 cm³/mol. The van der Waals surface area contributed by atoms with Crippen LogP contribution < -0.4 is 0 Å². The normalized spacial score (nSPS) is 18.3. The third-order valence-electron chi connectivity index (χ3n) is 4.77. The molecule has 5 heteroatoms.